The van der Waals surface area contributed by atoms with Gasteiger partial charge in [0.05, 0.1) is 5.37 Å². The Labute approximate surface area is 92.0 Å². The highest BCUT2D eigenvalue weighted by Gasteiger charge is 2.17. The lowest BCUT2D eigenvalue weighted by Gasteiger charge is -2.24. The minimum absolute atomic E-state index is 0.219. The molecule has 0 bridgehead atoms. The van der Waals surface area contributed by atoms with Crippen molar-refractivity contribution >= 4 is 23.4 Å². The highest BCUT2D eigenvalue weighted by Crippen LogP contribution is 2.33. The second-order valence-electron chi connectivity index (χ2n) is 3.22. The Hall–Kier alpha value is -0.250. The molecular formula is C10H11ClFNS. The summed E-state index contributed by atoms with van der Waals surface area (Å²) in [6.45, 7) is 1.01. The fraction of sp³-hybridized carbons (Fsp3) is 0.400. The zero-order chi connectivity index (χ0) is 9.97. The number of thioether (sulfide) groups is 1. The Morgan fingerprint density at radius 3 is 3.00 bits per heavy atom. The van der Waals surface area contributed by atoms with Gasteiger partial charge in [-0.3, -0.25) is 0 Å². The molecule has 1 N–H and O–H groups in total. The summed E-state index contributed by atoms with van der Waals surface area (Å²) in [6.07, 6.45) is 1.18. The molecule has 2 rings (SSSR count). The lowest BCUT2D eigenvalue weighted by Crippen LogP contribution is -2.25. The second-order valence-corrected chi connectivity index (χ2v) is 4.84. The van der Waals surface area contributed by atoms with Crippen LogP contribution in [0, 0.1) is 5.82 Å². The van der Waals surface area contributed by atoms with Gasteiger partial charge in [-0.25, -0.2) is 4.39 Å². The van der Waals surface area contributed by atoms with Crippen molar-refractivity contribution in [2.24, 2.45) is 0 Å². The van der Waals surface area contributed by atoms with Crippen LogP contribution in [0.25, 0.3) is 0 Å². The van der Waals surface area contributed by atoms with Gasteiger partial charge >= 0.3 is 0 Å². The average molecular weight is 232 g/mol. The normalized spacial score (nSPS) is 22.3. The van der Waals surface area contributed by atoms with Crippen LogP contribution in [0.5, 0.6) is 0 Å². The Balaban J connectivity index is 2.22. The standard InChI is InChI=1S/C10H11ClFNS/c11-9-6-7(12)2-3-8(9)10-13-4-1-5-14-10/h2-3,6,10,13H,1,4-5H2. The van der Waals surface area contributed by atoms with Crippen LogP contribution in [0.2, 0.25) is 5.02 Å². The zero-order valence-electron chi connectivity index (χ0n) is 7.59. The first-order valence-electron chi connectivity index (χ1n) is 4.57. The van der Waals surface area contributed by atoms with Gasteiger partial charge in [0.2, 0.25) is 0 Å². The molecule has 0 radical (unpaired) electrons. The van der Waals surface area contributed by atoms with Gasteiger partial charge in [0.15, 0.2) is 0 Å². The zero-order valence-corrected chi connectivity index (χ0v) is 9.17. The Morgan fingerprint density at radius 1 is 1.50 bits per heavy atom. The van der Waals surface area contributed by atoms with Gasteiger partial charge in [-0.05, 0) is 36.4 Å². The fourth-order valence-electron chi connectivity index (χ4n) is 1.48. The SMILES string of the molecule is Fc1ccc(C2NCCCS2)c(Cl)c1. The molecule has 1 aromatic carbocycles. The largest absolute Gasteiger partial charge is 0.302 e. The van der Waals surface area contributed by atoms with Crippen molar-refractivity contribution in [2.75, 3.05) is 12.3 Å². The maximum absolute atomic E-state index is 12.8. The third-order valence-corrected chi connectivity index (χ3v) is 3.79. The Morgan fingerprint density at radius 2 is 2.36 bits per heavy atom. The number of benzene rings is 1. The van der Waals surface area contributed by atoms with Crippen LogP contribution in [-0.2, 0) is 0 Å². The van der Waals surface area contributed by atoms with E-state index in [1.54, 1.807) is 6.07 Å². The molecule has 1 aliphatic heterocycles. The van der Waals surface area contributed by atoms with Crippen molar-refractivity contribution in [1.29, 1.82) is 0 Å². The Kier molecular flexibility index (Phi) is 3.31. The van der Waals surface area contributed by atoms with Crippen LogP contribution in [0.4, 0.5) is 4.39 Å². The smallest absolute Gasteiger partial charge is 0.124 e. The predicted molar refractivity (Wildman–Crippen MR) is 59.2 cm³/mol. The summed E-state index contributed by atoms with van der Waals surface area (Å²) in [6, 6.07) is 4.58. The van der Waals surface area contributed by atoms with Gasteiger partial charge in [-0.1, -0.05) is 17.7 Å². The molecule has 0 aromatic heterocycles. The first-order valence-corrected chi connectivity index (χ1v) is 6.00. The molecule has 1 aromatic rings. The molecule has 4 heteroatoms. The van der Waals surface area contributed by atoms with Crippen molar-refractivity contribution < 1.29 is 4.39 Å². The van der Waals surface area contributed by atoms with E-state index in [1.165, 1.54) is 18.6 Å². The summed E-state index contributed by atoms with van der Waals surface area (Å²) in [7, 11) is 0. The van der Waals surface area contributed by atoms with E-state index in [0.717, 1.165) is 17.9 Å². The van der Waals surface area contributed by atoms with Crippen LogP contribution in [0.1, 0.15) is 17.4 Å². The van der Waals surface area contributed by atoms with Crippen LogP contribution >= 0.6 is 23.4 Å². The molecule has 0 spiro atoms. The van der Waals surface area contributed by atoms with Crippen molar-refractivity contribution in [2.45, 2.75) is 11.8 Å². The molecule has 1 aliphatic rings. The summed E-state index contributed by atoms with van der Waals surface area (Å²) in [5.74, 6) is 0.852. The van der Waals surface area contributed by atoms with E-state index >= 15 is 0 Å². The van der Waals surface area contributed by atoms with Crippen molar-refractivity contribution in [3.63, 3.8) is 0 Å². The summed E-state index contributed by atoms with van der Waals surface area (Å²) in [5, 5.41) is 4.08. The molecule has 0 aliphatic carbocycles. The molecule has 0 amide bonds. The van der Waals surface area contributed by atoms with Crippen molar-refractivity contribution in [1.82, 2.24) is 5.32 Å². The van der Waals surface area contributed by atoms with E-state index < -0.39 is 0 Å². The van der Waals surface area contributed by atoms with Gasteiger partial charge < -0.3 is 5.32 Å². The predicted octanol–water partition coefficient (Wildman–Crippen LogP) is 3.20. The number of nitrogens with one attached hydrogen (secondary N) is 1. The van der Waals surface area contributed by atoms with Crippen molar-refractivity contribution in [3.05, 3.63) is 34.6 Å². The summed E-state index contributed by atoms with van der Waals surface area (Å²) in [5.41, 5.74) is 0.984. The first-order chi connectivity index (χ1) is 6.77. The molecule has 14 heavy (non-hydrogen) atoms. The van der Waals surface area contributed by atoms with Gasteiger partial charge in [0.25, 0.3) is 0 Å². The highest BCUT2D eigenvalue weighted by molar-refractivity contribution is 7.99. The van der Waals surface area contributed by atoms with E-state index in [9.17, 15) is 4.39 Å². The maximum Gasteiger partial charge on any atom is 0.124 e. The van der Waals surface area contributed by atoms with Crippen molar-refractivity contribution in [3.8, 4) is 0 Å². The minimum atomic E-state index is -0.278. The van der Waals surface area contributed by atoms with E-state index in [-0.39, 0.29) is 11.2 Å². The minimum Gasteiger partial charge on any atom is -0.302 e. The Bertz CT molecular complexity index is 326. The molecule has 0 saturated carbocycles. The summed E-state index contributed by atoms with van der Waals surface area (Å²) in [4.78, 5) is 0. The molecule has 1 fully saturated rings. The maximum atomic E-state index is 12.8. The number of rotatable bonds is 1. The third-order valence-electron chi connectivity index (χ3n) is 2.18. The summed E-state index contributed by atoms with van der Waals surface area (Å²) >= 11 is 7.79. The summed E-state index contributed by atoms with van der Waals surface area (Å²) < 4.78 is 12.8. The molecule has 1 saturated heterocycles. The number of hydrogen-bond acceptors (Lipinski definition) is 2. The fourth-order valence-corrected chi connectivity index (χ4v) is 2.99. The molecular weight excluding hydrogens is 221 g/mol. The quantitative estimate of drug-likeness (QED) is 0.797. The topological polar surface area (TPSA) is 12.0 Å². The van der Waals surface area contributed by atoms with E-state index in [2.05, 4.69) is 5.32 Å². The van der Waals surface area contributed by atoms with Crippen LogP contribution in [0.15, 0.2) is 18.2 Å². The second kappa shape index (κ2) is 4.51. The van der Waals surface area contributed by atoms with Gasteiger partial charge in [0, 0.05) is 5.02 Å². The van der Waals surface area contributed by atoms with Crippen LogP contribution in [0.3, 0.4) is 0 Å². The van der Waals surface area contributed by atoms with E-state index in [1.807, 2.05) is 11.8 Å². The lowest BCUT2D eigenvalue weighted by molar-refractivity contribution is 0.620. The monoisotopic (exact) mass is 231 g/mol. The van der Waals surface area contributed by atoms with Gasteiger partial charge in [0.1, 0.15) is 5.82 Å². The molecule has 1 unspecified atom stereocenters. The van der Waals surface area contributed by atoms with Crippen LogP contribution in [-0.4, -0.2) is 12.3 Å². The third kappa shape index (κ3) is 2.22. The number of halogens is 2. The number of hydrogen-bond donors (Lipinski definition) is 1. The average Bonchev–Trinajstić information content (AvgIpc) is 2.19. The van der Waals surface area contributed by atoms with Gasteiger partial charge in [-0.2, -0.15) is 0 Å². The lowest BCUT2D eigenvalue weighted by atomic mass is 10.2. The highest BCUT2D eigenvalue weighted by atomic mass is 35.5. The van der Waals surface area contributed by atoms with Gasteiger partial charge in [-0.15, -0.1) is 11.8 Å². The van der Waals surface area contributed by atoms with Crippen LogP contribution < -0.4 is 5.32 Å². The molecule has 1 atom stereocenters. The van der Waals surface area contributed by atoms with E-state index in [0.29, 0.717) is 5.02 Å². The molecule has 76 valence electrons. The van der Waals surface area contributed by atoms with E-state index in [4.69, 9.17) is 11.6 Å². The molecule has 1 nitrogen and oxygen atoms in total. The first kappa shape index (κ1) is 10.3. The molecule has 1 heterocycles.